The highest BCUT2D eigenvalue weighted by Gasteiger charge is 2.04. The minimum absolute atomic E-state index is 0.0394. The zero-order valence-corrected chi connectivity index (χ0v) is 6.41. The number of amides is 1. The van der Waals surface area contributed by atoms with Gasteiger partial charge in [-0.3, -0.25) is 9.59 Å². The van der Waals surface area contributed by atoms with Gasteiger partial charge in [0.2, 0.25) is 0 Å². The van der Waals surface area contributed by atoms with Crippen molar-refractivity contribution in [1.29, 1.82) is 0 Å². The molecule has 0 spiro atoms. The Labute approximate surface area is 72.8 Å². The van der Waals surface area contributed by atoms with E-state index in [2.05, 4.69) is 15.0 Å². The summed E-state index contributed by atoms with van der Waals surface area (Å²) in [5.41, 5.74) is 8.05. The molecule has 0 aliphatic rings. The molecule has 13 heavy (non-hydrogen) atoms. The topological polar surface area (TPSA) is 95.8 Å². The van der Waals surface area contributed by atoms with E-state index in [9.17, 15) is 9.59 Å². The van der Waals surface area contributed by atoms with E-state index in [1.165, 1.54) is 18.2 Å². The highest BCUT2D eigenvalue weighted by molar-refractivity contribution is 5.93. The molecular formula is C7H4N4O2. The summed E-state index contributed by atoms with van der Waals surface area (Å²) in [5.74, 6) is -0.800. The molecule has 0 N–H and O–H groups in total. The molecule has 0 unspecified atom stereocenters. The van der Waals surface area contributed by atoms with Gasteiger partial charge < -0.3 is 0 Å². The maximum absolute atomic E-state index is 10.9. The van der Waals surface area contributed by atoms with Crippen LogP contribution in [0.2, 0.25) is 0 Å². The normalized spacial score (nSPS) is 8.62. The summed E-state index contributed by atoms with van der Waals surface area (Å²) in [4.78, 5) is 27.1. The number of azide groups is 1. The summed E-state index contributed by atoms with van der Waals surface area (Å²) in [6.45, 7) is 0. The lowest BCUT2D eigenvalue weighted by molar-refractivity contribution is 0.0995. The van der Waals surface area contributed by atoms with Crippen LogP contribution in [0.5, 0.6) is 0 Å². The molecule has 6 heteroatoms. The minimum atomic E-state index is -0.800. The molecule has 1 aromatic rings. The van der Waals surface area contributed by atoms with Crippen molar-refractivity contribution in [3.8, 4) is 0 Å². The van der Waals surface area contributed by atoms with E-state index in [0.717, 1.165) is 0 Å². The average molecular weight is 176 g/mol. The first-order valence-electron chi connectivity index (χ1n) is 3.29. The second-order valence-corrected chi connectivity index (χ2v) is 2.06. The summed E-state index contributed by atoms with van der Waals surface area (Å²) in [6, 6.07) is 4.29. The monoisotopic (exact) mass is 176 g/mol. The molecule has 0 bridgehead atoms. The molecular weight excluding hydrogens is 172 g/mol. The zero-order valence-electron chi connectivity index (χ0n) is 6.41. The predicted molar refractivity (Wildman–Crippen MR) is 43.1 cm³/mol. The van der Waals surface area contributed by atoms with E-state index in [4.69, 9.17) is 5.53 Å². The van der Waals surface area contributed by atoms with Crippen LogP contribution in [0.4, 0.5) is 0 Å². The smallest absolute Gasteiger partial charge is 0.267 e. The molecule has 1 amide bonds. The lowest BCUT2D eigenvalue weighted by atomic mass is 10.3. The van der Waals surface area contributed by atoms with Crippen LogP contribution in [0.1, 0.15) is 21.0 Å². The summed E-state index contributed by atoms with van der Waals surface area (Å²) in [6.07, 6.45) is 0.507. The first-order valence-corrected chi connectivity index (χ1v) is 3.29. The molecule has 0 aliphatic carbocycles. The van der Waals surface area contributed by atoms with Gasteiger partial charge in [0.25, 0.3) is 5.91 Å². The van der Waals surface area contributed by atoms with E-state index in [-0.39, 0.29) is 11.4 Å². The molecule has 1 aromatic heterocycles. The van der Waals surface area contributed by atoms with Crippen molar-refractivity contribution in [2.45, 2.75) is 0 Å². The van der Waals surface area contributed by atoms with Crippen molar-refractivity contribution >= 4 is 12.2 Å². The number of nitrogens with zero attached hydrogens (tertiary/aromatic N) is 4. The van der Waals surface area contributed by atoms with E-state index in [0.29, 0.717) is 6.29 Å². The van der Waals surface area contributed by atoms with Crippen molar-refractivity contribution in [3.05, 3.63) is 40.0 Å². The number of hydrogen-bond acceptors (Lipinski definition) is 3. The third-order valence-corrected chi connectivity index (χ3v) is 1.25. The van der Waals surface area contributed by atoms with Crippen molar-refractivity contribution in [3.63, 3.8) is 0 Å². The van der Waals surface area contributed by atoms with Gasteiger partial charge in [0.05, 0.1) is 0 Å². The van der Waals surface area contributed by atoms with Crippen LogP contribution >= 0.6 is 0 Å². The molecule has 0 fully saturated rings. The molecule has 1 heterocycles. The maximum Gasteiger partial charge on any atom is 0.267 e. The Kier molecular flexibility index (Phi) is 2.73. The largest absolute Gasteiger partial charge is 0.296 e. The molecule has 1 rings (SSSR count). The van der Waals surface area contributed by atoms with Gasteiger partial charge in [-0.15, -0.1) is 0 Å². The first kappa shape index (κ1) is 8.89. The Morgan fingerprint density at radius 1 is 1.62 bits per heavy atom. The second-order valence-electron chi connectivity index (χ2n) is 2.06. The third kappa shape index (κ3) is 2.11. The summed E-state index contributed by atoms with van der Waals surface area (Å²) in [5, 5.41) is 2.83. The van der Waals surface area contributed by atoms with Crippen LogP contribution in [0, 0.1) is 0 Å². The minimum Gasteiger partial charge on any atom is -0.296 e. The van der Waals surface area contributed by atoms with Gasteiger partial charge in [0, 0.05) is 4.91 Å². The van der Waals surface area contributed by atoms with E-state index >= 15 is 0 Å². The molecule has 0 aliphatic heterocycles. The van der Waals surface area contributed by atoms with Crippen molar-refractivity contribution in [2.75, 3.05) is 0 Å². The molecule has 6 nitrogen and oxygen atoms in total. The number of aromatic nitrogens is 1. The fourth-order valence-corrected chi connectivity index (χ4v) is 0.728. The highest BCUT2D eigenvalue weighted by Crippen LogP contribution is 1.99. The standard InChI is InChI=1S/C7H4N4O2/c8-11-10-7(13)6-3-1-2-5(4-12)9-6/h1-4H. The lowest BCUT2D eigenvalue weighted by Gasteiger charge is -1.93. The number of carbonyl (C=O) groups is 2. The zero-order chi connectivity index (χ0) is 9.68. The van der Waals surface area contributed by atoms with Gasteiger partial charge in [-0.25, -0.2) is 4.98 Å². The quantitative estimate of drug-likeness (QED) is 0.294. The van der Waals surface area contributed by atoms with Gasteiger partial charge in [-0.2, -0.15) is 0 Å². The molecule has 0 saturated heterocycles. The van der Waals surface area contributed by atoms with Gasteiger partial charge in [0.15, 0.2) is 6.29 Å². The Balaban J connectivity index is 3.08. The Hall–Kier alpha value is -2.20. The van der Waals surface area contributed by atoms with Crippen molar-refractivity contribution < 1.29 is 9.59 Å². The average Bonchev–Trinajstić information content (AvgIpc) is 2.18. The maximum atomic E-state index is 10.9. The van der Waals surface area contributed by atoms with Crippen LogP contribution in [0.15, 0.2) is 23.3 Å². The third-order valence-electron chi connectivity index (χ3n) is 1.25. The van der Waals surface area contributed by atoms with Crippen molar-refractivity contribution in [1.82, 2.24) is 4.98 Å². The van der Waals surface area contributed by atoms with E-state index in [1.807, 2.05) is 0 Å². The summed E-state index contributed by atoms with van der Waals surface area (Å²) >= 11 is 0. The predicted octanol–water partition coefficient (Wildman–Crippen LogP) is 1.34. The number of aldehydes is 1. The summed E-state index contributed by atoms with van der Waals surface area (Å²) < 4.78 is 0. The van der Waals surface area contributed by atoms with Crippen molar-refractivity contribution in [2.24, 2.45) is 5.11 Å². The molecule has 0 atom stereocenters. The van der Waals surface area contributed by atoms with Crippen LogP contribution in [-0.4, -0.2) is 17.2 Å². The number of carbonyl (C=O) groups excluding carboxylic acids is 2. The molecule has 0 aromatic carbocycles. The molecule has 0 saturated carbocycles. The fraction of sp³-hybridized carbons (Fsp3) is 0. The van der Waals surface area contributed by atoms with E-state index < -0.39 is 5.91 Å². The number of rotatable bonds is 2. The van der Waals surface area contributed by atoms with Crippen LogP contribution < -0.4 is 0 Å². The summed E-state index contributed by atoms with van der Waals surface area (Å²) in [7, 11) is 0. The second kappa shape index (κ2) is 3.99. The Morgan fingerprint density at radius 2 is 2.38 bits per heavy atom. The van der Waals surface area contributed by atoms with Gasteiger partial charge in [-0.05, 0) is 22.8 Å². The van der Waals surface area contributed by atoms with Gasteiger partial charge in [-0.1, -0.05) is 6.07 Å². The van der Waals surface area contributed by atoms with Crippen LogP contribution in [0.25, 0.3) is 10.4 Å². The van der Waals surface area contributed by atoms with Gasteiger partial charge in [0.1, 0.15) is 11.4 Å². The highest BCUT2D eigenvalue weighted by atomic mass is 16.2. The molecule has 0 radical (unpaired) electrons. The lowest BCUT2D eigenvalue weighted by Crippen LogP contribution is -1.99. The van der Waals surface area contributed by atoms with E-state index in [1.54, 1.807) is 0 Å². The SMILES string of the molecule is [N-]=[N+]=NC(=O)c1cccc(C=O)n1. The number of hydrogen-bond donors (Lipinski definition) is 0. The van der Waals surface area contributed by atoms with Crippen LogP contribution in [-0.2, 0) is 0 Å². The number of pyridine rings is 1. The Morgan fingerprint density at radius 3 is 3.00 bits per heavy atom. The van der Waals surface area contributed by atoms with Crippen LogP contribution in [0.3, 0.4) is 0 Å². The van der Waals surface area contributed by atoms with Gasteiger partial charge >= 0.3 is 0 Å². The fourth-order valence-electron chi connectivity index (χ4n) is 0.728. The molecule has 64 valence electrons. The Bertz CT molecular complexity index is 395. The first-order chi connectivity index (χ1) is 6.27.